The number of amides is 1. The Balaban J connectivity index is 2.68. The van der Waals surface area contributed by atoms with Crippen LogP contribution in [0.5, 0.6) is 11.5 Å². The first kappa shape index (κ1) is 20.6. The summed E-state index contributed by atoms with van der Waals surface area (Å²) in [5, 5.41) is 11.6. The van der Waals surface area contributed by atoms with Gasteiger partial charge >= 0.3 is 12.1 Å². The second kappa shape index (κ2) is 8.59. The fourth-order valence-electron chi connectivity index (χ4n) is 2.06. The van der Waals surface area contributed by atoms with Crippen molar-refractivity contribution in [3.05, 3.63) is 24.3 Å². The topological polar surface area (TPSA) is 84.9 Å². The molecule has 0 spiro atoms. The highest BCUT2D eigenvalue weighted by molar-refractivity contribution is 5.87. The third-order valence-electron chi connectivity index (χ3n) is 3.24. The molecule has 0 bridgehead atoms. The van der Waals surface area contributed by atoms with Crippen molar-refractivity contribution in [3.8, 4) is 11.5 Å². The predicted molar refractivity (Wildman–Crippen MR) is 82.6 cm³/mol. The monoisotopic (exact) mass is 363 g/mol. The number of ether oxygens (including phenoxy) is 2. The van der Waals surface area contributed by atoms with Gasteiger partial charge in [-0.05, 0) is 25.5 Å². The number of halogens is 3. The fourth-order valence-corrected chi connectivity index (χ4v) is 2.06. The summed E-state index contributed by atoms with van der Waals surface area (Å²) in [6.45, 7) is 1.10. The number of para-hydroxylation sites is 2. The number of rotatable bonds is 9. The lowest BCUT2D eigenvalue weighted by atomic mass is 9.96. The van der Waals surface area contributed by atoms with E-state index in [-0.39, 0.29) is 17.9 Å². The average molecular weight is 363 g/mol. The quantitative estimate of drug-likeness (QED) is 0.705. The smallest absolute Gasteiger partial charge is 0.422 e. The van der Waals surface area contributed by atoms with E-state index in [1.807, 2.05) is 0 Å². The van der Waals surface area contributed by atoms with Crippen LogP contribution in [-0.2, 0) is 9.59 Å². The number of hydrogen-bond acceptors (Lipinski definition) is 4. The van der Waals surface area contributed by atoms with E-state index in [1.54, 1.807) is 6.92 Å². The molecule has 0 saturated heterocycles. The SMILES string of the molecule is CCCC(C)(NC(=O)COc1ccccc1OCC(F)(F)F)C(=O)O. The van der Waals surface area contributed by atoms with Crippen LogP contribution in [0.25, 0.3) is 0 Å². The van der Waals surface area contributed by atoms with E-state index >= 15 is 0 Å². The van der Waals surface area contributed by atoms with Crippen molar-refractivity contribution in [2.45, 2.75) is 38.4 Å². The lowest BCUT2D eigenvalue weighted by molar-refractivity contribution is -0.153. The lowest BCUT2D eigenvalue weighted by Gasteiger charge is -2.25. The molecule has 0 aliphatic carbocycles. The minimum absolute atomic E-state index is 0.0468. The van der Waals surface area contributed by atoms with E-state index in [0.29, 0.717) is 6.42 Å². The molecular formula is C16H20F3NO5. The summed E-state index contributed by atoms with van der Waals surface area (Å²) >= 11 is 0. The van der Waals surface area contributed by atoms with E-state index in [9.17, 15) is 27.9 Å². The number of carboxylic acid groups (broad SMARTS) is 1. The summed E-state index contributed by atoms with van der Waals surface area (Å²) in [5.74, 6) is -2.10. The van der Waals surface area contributed by atoms with Crippen molar-refractivity contribution in [2.75, 3.05) is 13.2 Å². The number of hydrogen-bond donors (Lipinski definition) is 2. The van der Waals surface area contributed by atoms with E-state index in [2.05, 4.69) is 10.1 Å². The summed E-state index contributed by atoms with van der Waals surface area (Å²) in [6, 6.07) is 5.59. The first-order valence-corrected chi connectivity index (χ1v) is 7.53. The van der Waals surface area contributed by atoms with Gasteiger partial charge in [-0.2, -0.15) is 13.2 Å². The van der Waals surface area contributed by atoms with Crippen molar-refractivity contribution >= 4 is 11.9 Å². The molecule has 0 aliphatic rings. The average Bonchev–Trinajstić information content (AvgIpc) is 2.51. The van der Waals surface area contributed by atoms with Crippen molar-refractivity contribution < 1.29 is 37.3 Å². The molecule has 0 saturated carbocycles. The Morgan fingerprint density at radius 1 is 1.16 bits per heavy atom. The van der Waals surface area contributed by atoms with Crippen LogP contribution >= 0.6 is 0 Å². The maximum absolute atomic E-state index is 12.2. The van der Waals surface area contributed by atoms with Crippen molar-refractivity contribution in [1.82, 2.24) is 5.32 Å². The van der Waals surface area contributed by atoms with Crippen LogP contribution in [0.1, 0.15) is 26.7 Å². The number of carboxylic acids is 1. The largest absolute Gasteiger partial charge is 0.480 e. The number of carbonyl (C=O) groups excluding carboxylic acids is 1. The van der Waals surface area contributed by atoms with E-state index in [4.69, 9.17) is 4.74 Å². The Morgan fingerprint density at radius 3 is 2.20 bits per heavy atom. The van der Waals surface area contributed by atoms with Crippen LogP contribution in [0.2, 0.25) is 0 Å². The Bertz CT molecular complexity index is 606. The molecule has 1 rings (SSSR count). The Morgan fingerprint density at radius 2 is 1.72 bits per heavy atom. The zero-order valence-electron chi connectivity index (χ0n) is 13.9. The molecule has 0 aromatic heterocycles. The molecule has 2 N–H and O–H groups in total. The molecule has 1 aromatic rings. The normalized spacial score (nSPS) is 13.6. The van der Waals surface area contributed by atoms with Crippen LogP contribution in [0.4, 0.5) is 13.2 Å². The third-order valence-corrected chi connectivity index (χ3v) is 3.24. The maximum Gasteiger partial charge on any atom is 0.422 e. The highest BCUT2D eigenvalue weighted by Crippen LogP contribution is 2.28. The first-order valence-electron chi connectivity index (χ1n) is 7.53. The lowest BCUT2D eigenvalue weighted by Crippen LogP contribution is -2.53. The number of aliphatic carboxylic acids is 1. The Kier molecular flexibility index (Phi) is 7.08. The van der Waals surface area contributed by atoms with Crippen LogP contribution in [-0.4, -0.2) is 41.9 Å². The molecular weight excluding hydrogens is 343 g/mol. The van der Waals surface area contributed by atoms with Gasteiger partial charge in [-0.25, -0.2) is 4.79 Å². The van der Waals surface area contributed by atoms with Gasteiger partial charge in [0.25, 0.3) is 5.91 Å². The first-order chi connectivity index (χ1) is 11.6. The molecule has 1 aromatic carbocycles. The molecule has 0 fully saturated rings. The van der Waals surface area contributed by atoms with Gasteiger partial charge < -0.3 is 19.9 Å². The van der Waals surface area contributed by atoms with Crippen molar-refractivity contribution in [1.29, 1.82) is 0 Å². The van der Waals surface area contributed by atoms with Crippen molar-refractivity contribution in [2.24, 2.45) is 0 Å². The molecule has 6 nitrogen and oxygen atoms in total. The number of benzene rings is 1. The standard InChI is InChI=1S/C16H20F3NO5/c1-3-8-15(2,14(22)23)20-13(21)9-24-11-6-4-5-7-12(11)25-10-16(17,18)19/h4-7H,3,8-10H2,1-2H3,(H,20,21)(H,22,23). The summed E-state index contributed by atoms with van der Waals surface area (Å²) in [4.78, 5) is 23.2. The summed E-state index contributed by atoms with van der Waals surface area (Å²) in [5.41, 5.74) is -1.44. The summed E-state index contributed by atoms with van der Waals surface area (Å²) in [6.07, 6.45) is -3.74. The highest BCUT2D eigenvalue weighted by Gasteiger charge is 2.34. The third kappa shape index (κ3) is 6.90. The van der Waals surface area contributed by atoms with Gasteiger partial charge in [0.1, 0.15) is 5.54 Å². The second-order valence-electron chi connectivity index (χ2n) is 5.57. The van der Waals surface area contributed by atoms with Gasteiger partial charge in [0.05, 0.1) is 0 Å². The molecule has 1 atom stereocenters. The van der Waals surface area contributed by atoms with Gasteiger partial charge in [-0.1, -0.05) is 25.5 Å². The molecule has 0 aliphatic heterocycles. The Hall–Kier alpha value is -2.45. The highest BCUT2D eigenvalue weighted by atomic mass is 19.4. The van der Waals surface area contributed by atoms with Gasteiger partial charge in [0, 0.05) is 0 Å². The molecule has 0 heterocycles. The van der Waals surface area contributed by atoms with Crippen LogP contribution in [0, 0.1) is 0 Å². The molecule has 1 unspecified atom stereocenters. The zero-order valence-corrected chi connectivity index (χ0v) is 13.9. The Labute approximate surface area is 142 Å². The van der Waals surface area contributed by atoms with Gasteiger partial charge in [-0.3, -0.25) is 4.79 Å². The van der Waals surface area contributed by atoms with Gasteiger partial charge in [-0.15, -0.1) is 0 Å². The van der Waals surface area contributed by atoms with E-state index < -0.39 is 36.8 Å². The number of nitrogens with one attached hydrogen (secondary N) is 1. The summed E-state index contributed by atoms with van der Waals surface area (Å²) in [7, 11) is 0. The minimum Gasteiger partial charge on any atom is -0.480 e. The number of carbonyl (C=O) groups is 2. The minimum atomic E-state index is -4.51. The van der Waals surface area contributed by atoms with Crippen molar-refractivity contribution in [3.63, 3.8) is 0 Å². The predicted octanol–water partition coefficient (Wildman–Crippen LogP) is 2.77. The van der Waals surface area contributed by atoms with E-state index in [0.717, 1.165) is 0 Å². The second-order valence-corrected chi connectivity index (χ2v) is 5.57. The fraction of sp³-hybridized carbons (Fsp3) is 0.500. The molecule has 0 radical (unpaired) electrons. The van der Waals surface area contributed by atoms with Crippen LogP contribution in [0.15, 0.2) is 24.3 Å². The maximum atomic E-state index is 12.2. The van der Waals surface area contributed by atoms with Crippen LogP contribution in [0.3, 0.4) is 0 Å². The van der Waals surface area contributed by atoms with Crippen LogP contribution < -0.4 is 14.8 Å². The van der Waals surface area contributed by atoms with Gasteiger partial charge in [0.15, 0.2) is 24.7 Å². The zero-order chi connectivity index (χ0) is 19.1. The molecule has 140 valence electrons. The summed E-state index contributed by atoms with van der Waals surface area (Å²) < 4.78 is 46.5. The molecule has 1 amide bonds. The molecule has 25 heavy (non-hydrogen) atoms. The van der Waals surface area contributed by atoms with E-state index in [1.165, 1.54) is 31.2 Å². The molecule has 9 heteroatoms. The number of alkyl halides is 3. The van der Waals surface area contributed by atoms with Gasteiger partial charge in [0.2, 0.25) is 0 Å².